The van der Waals surface area contributed by atoms with Gasteiger partial charge in [0.1, 0.15) is 11.5 Å². The predicted octanol–water partition coefficient (Wildman–Crippen LogP) is 3.48. The van der Waals surface area contributed by atoms with Crippen molar-refractivity contribution in [2.24, 2.45) is 0 Å². The van der Waals surface area contributed by atoms with Gasteiger partial charge in [0.05, 0.1) is 5.69 Å². The Labute approximate surface area is 171 Å². The lowest BCUT2D eigenvalue weighted by atomic mass is 10.0. The summed E-state index contributed by atoms with van der Waals surface area (Å²) in [7, 11) is 0. The molecule has 3 aromatic heterocycles. The molecule has 0 spiro atoms. The SMILES string of the molecule is c1ccc(-c2nc3c(c(N4CCCCC4)n2)CN(Cc2cccnc2)CC3)nc1. The summed E-state index contributed by atoms with van der Waals surface area (Å²) in [6.07, 6.45) is 10.3. The Hall–Kier alpha value is -2.86. The molecule has 1 fully saturated rings. The Bertz CT molecular complexity index is 954. The van der Waals surface area contributed by atoms with Gasteiger partial charge in [0, 0.05) is 63.3 Å². The Morgan fingerprint density at radius 3 is 2.62 bits per heavy atom. The van der Waals surface area contributed by atoms with E-state index >= 15 is 0 Å². The smallest absolute Gasteiger partial charge is 0.180 e. The van der Waals surface area contributed by atoms with Gasteiger partial charge in [0.25, 0.3) is 0 Å². The van der Waals surface area contributed by atoms with Gasteiger partial charge < -0.3 is 4.90 Å². The topological polar surface area (TPSA) is 58.0 Å². The summed E-state index contributed by atoms with van der Waals surface area (Å²) in [5.74, 6) is 1.87. The highest BCUT2D eigenvalue weighted by Crippen LogP contribution is 2.31. The molecular formula is C23H26N6. The third kappa shape index (κ3) is 3.98. The number of anilines is 1. The summed E-state index contributed by atoms with van der Waals surface area (Å²) in [6.45, 7) is 4.95. The first-order valence-electron chi connectivity index (χ1n) is 10.5. The average molecular weight is 387 g/mol. The van der Waals surface area contributed by atoms with Crippen LogP contribution in [0.15, 0.2) is 48.9 Å². The number of piperidine rings is 1. The molecular weight excluding hydrogens is 360 g/mol. The quantitative estimate of drug-likeness (QED) is 0.684. The van der Waals surface area contributed by atoms with Gasteiger partial charge in [-0.25, -0.2) is 9.97 Å². The molecule has 0 unspecified atom stereocenters. The monoisotopic (exact) mass is 386 g/mol. The standard InChI is InChI=1S/C23H26N6/c1-4-12-29(13-5-1)23-19-17-28(16-18-7-6-10-24-15-18)14-9-20(19)26-22(27-23)21-8-2-3-11-25-21/h2-3,6-8,10-11,15H,1,4-5,9,12-14,16-17H2. The zero-order chi connectivity index (χ0) is 19.5. The Kier molecular flexibility index (Phi) is 5.17. The fourth-order valence-electron chi connectivity index (χ4n) is 4.31. The second kappa shape index (κ2) is 8.25. The highest BCUT2D eigenvalue weighted by atomic mass is 15.2. The first-order chi connectivity index (χ1) is 14.4. The first-order valence-corrected chi connectivity index (χ1v) is 10.5. The molecule has 6 heteroatoms. The van der Waals surface area contributed by atoms with Crippen LogP contribution in [-0.2, 0) is 19.5 Å². The molecule has 0 saturated carbocycles. The van der Waals surface area contributed by atoms with Crippen molar-refractivity contribution in [3.63, 3.8) is 0 Å². The molecule has 0 atom stereocenters. The van der Waals surface area contributed by atoms with E-state index < -0.39 is 0 Å². The average Bonchev–Trinajstić information content (AvgIpc) is 2.80. The van der Waals surface area contributed by atoms with Crippen molar-refractivity contribution in [1.29, 1.82) is 0 Å². The van der Waals surface area contributed by atoms with Crippen molar-refractivity contribution in [2.45, 2.75) is 38.8 Å². The molecule has 29 heavy (non-hydrogen) atoms. The molecule has 6 nitrogen and oxygen atoms in total. The Morgan fingerprint density at radius 2 is 1.83 bits per heavy atom. The van der Waals surface area contributed by atoms with E-state index in [1.807, 2.05) is 42.9 Å². The van der Waals surface area contributed by atoms with E-state index in [1.54, 1.807) is 0 Å². The van der Waals surface area contributed by atoms with Gasteiger partial charge >= 0.3 is 0 Å². The molecule has 5 rings (SSSR count). The van der Waals surface area contributed by atoms with E-state index in [4.69, 9.17) is 9.97 Å². The third-order valence-electron chi connectivity index (χ3n) is 5.80. The van der Waals surface area contributed by atoms with E-state index in [0.717, 1.165) is 56.5 Å². The van der Waals surface area contributed by atoms with Crippen LogP contribution in [0.3, 0.4) is 0 Å². The van der Waals surface area contributed by atoms with E-state index in [1.165, 1.54) is 36.1 Å². The van der Waals surface area contributed by atoms with Crippen molar-refractivity contribution in [1.82, 2.24) is 24.8 Å². The van der Waals surface area contributed by atoms with Crippen molar-refractivity contribution < 1.29 is 0 Å². The maximum Gasteiger partial charge on any atom is 0.180 e. The van der Waals surface area contributed by atoms with Crippen LogP contribution in [0.4, 0.5) is 5.82 Å². The largest absolute Gasteiger partial charge is 0.356 e. The number of aromatic nitrogens is 4. The lowest BCUT2D eigenvalue weighted by molar-refractivity contribution is 0.243. The molecule has 2 aliphatic heterocycles. The fraction of sp³-hybridized carbons (Fsp3) is 0.391. The summed E-state index contributed by atoms with van der Waals surface area (Å²) in [4.78, 5) is 23.7. The minimum Gasteiger partial charge on any atom is -0.356 e. The van der Waals surface area contributed by atoms with Crippen LogP contribution in [0, 0.1) is 0 Å². The van der Waals surface area contributed by atoms with E-state index in [0.29, 0.717) is 0 Å². The molecule has 0 aromatic carbocycles. The van der Waals surface area contributed by atoms with Crippen molar-refractivity contribution in [2.75, 3.05) is 24.5 Å². The van der Waals surface area contributed by atoms with Gasteiger partial charge in [-0.05, 0) is 43.0 Å². The molecule has 0 bridgehead atoms. The zero-order valence-electron chi connectivity index (χ0n) is 16.7. The van der Waals surface area contributed by atoms with Crippen LogP contribution in [-0.4, -0.2) is 44.5 Å². The summed E-state index contributed by atoms with van der Waals surface area (Å²) >= 11 is 0. The number of nitrogens with zero attached hydrogens (tertiary/aromatic N) is 6. The van der Waals surface area contributed by atoms with Gasteiger partial charge in [0.2, 0.25) is 0 Å². The van der Waals surface area contributed by atoms with Gasteiger partial charge in [-0.2, -0.15) is 0 Å². The lowest BCUT2D eigenvalue weighted by Crippen LogP contribution is -2.36. The van der Waals surface area contributed by atoms with Crippen molar-refractivity contribution >= 4 is 5.82 Å². The maximum atomic E-state index is 5.03. The molecule has 148 valence electrons. The van der Waals surface area contributed by atoms with Crippen LogP contribution in [0.25, 0.3) is 11.5 Å². The summed E-state index contributed by atoms with van der Waals surface area (Å²) in [5, 5.41) is 0. The number of hydrogen-bond donors (Lipinski definition) is 0. The molecule has 1 saturated heterocycles. The number of pyridine rings is 2. The van der Waals surface area contributed by atoms with Crippen LogP contribution < -0.4 is 4.90 Å². The highest BCUT2D eigenvalue weighted by Gasteiger charge is 2.26. The van der Waals surface area contributed by atoms with E-state index in [-0.39, 0.29) is 0 Å². The first kappa shape index (κ1) is 18.2. The van der Waals surface area contributed by atoms with Crippen LogP contribution in [0.1, 0.15) is 36.1 Å². The van der Waals surface area contributed by atoms with E-state index in [9.17, 15) is 0 Å². The molecule has 3 aromatic rings. The van der Waals surface area contributed by atoms with Crippen molar-refractivity contribution in [3.8, 4) is 11.5 Å². The number of fused-ring (bicyclic) bond motifs is 1. The normalized spacial score (nSPS) is 17.2. The summed E-state index contributed by atoms with van der Waals surface area (Å²) in [5.41, 5.74) is 4.58. The summed E-state index contributed by atoms with van der Waals surface area (Å²) in [6, 6.07) is 10.1. The molecule has 2 aliphatic rings. The Balaban J connectivity index is 1.49. The molecule has 5 heterocycles. The van der Waals surface area contributed by atoms with Crippen LogP contribution in [0.2, 0.25) is 0 Å². The minimum absolute atomic E-state index is 0.755. The predicted molar refractivity (Wildman–Crippen MR) is 113 cm³/mol. The van der Waals surface area contributed by atoms with Crippen molar-refractivity contribution in [3.05, 3.63) is 65.7 Å². The maximum absolute atomic E-state index is 5.03. The molecule has 0 amide bonds. The summed E-state index contributed by atoms with van der Waals surface area (Å²) < 4.78 is 0. The number of rotatable bonds is 4. The zero-order valence-corrected chi connectivity index (χ0v) is 16.7. The van der Waals surface area contributed by atoms with E-state index in [2.05, 4.69) is 25.8 Å². The van der Waals surface area contributed by atoms with Crippen LogP contribution >= 0.6 is 0 Å². The number of hydrogen-bond acceptors (Lipinski definition) is 6. The lowest BCUT2D eigenvalue weighted by Gasteiger charge is -2.34. The van der Waals surface area contributed by atoms with Gasteiger partial charge in [-0.3, -0.25) is 14.9 Å². The highest BCUT2D eigenvalue weighted by molar-refractivity contribution is 5.58. The third-order valence-corrected chi connectivity index (χ3v) is 5.80. The van der Waals surface area contributed by atoms with Crippen LogP contribution in [0.5, 0.6) is 0 Å². The second-order valence-corrected chi connectivity index (χ2v) is 7.88. The van der Waals surface area contributed by atoms with Gasteiger partial charge in [-0.15, -0.1) is 0 Å². The Morgan fingerprint density at radius 1 is 0.897 bits per heavy atom. The molecule has 0 aliphatic carbocycles. The fourth-order valence-corrected chi connectivity index (χ4v) is 4.31. The van der Waals surface area contributed by atoms with Gasteiger partial charge in [0.15, 0.2) is 5.82 Å². The second-order valence-electron chi connectivity index (χ2n) is 7.88. The molecule has 0 radical (unpaired) electrons. The van der Waals surface area contributed by atoms with Gasteiger partial charge in [-0.1, -0.05) is 12.1 Å². The minimum atomic E-state index is 0.755. The molecule has 0 N–H and O–H groups in total.